The first-order chi connectivity index (χ1) is 12.3. The van der Waals surface area contributed by atoms with Crippen LogP contribution in [0.2, 0.25) is 10.0 Å². The second-order valence-electron chi connectivity index (χ2n) is 5.29. The van der Waals surface area contributed by atoms with E-state index < -0.39 is 11.8 Å². The summed E-state index contributed by atoms with van der Waals surface area (Å²) in [6.45, 7) is 0. The summed E-state index contributed by atoms with van der Waals surface area (Å²) in [6, 6.07) is 7.76. The van der Waals surface area contributed by atoms with Gasteiger partial charge in [0.25, 0.3) is 11.8 Å². The molecule has 0 bridgehead atoms. The Balaban J connectivity index is 1.98. The van der Waals surface area contributed by atoms with Gasteiger partial charge in [-0.15, -0.1) is 0 Å². The SMILES string of the molecule is COc1cc(C=C2C(=O)NN(c3ccc(Cl)c(Cl)c3)C2=O)cc(I)c1O. The molecule has 3 rings (SSSR count). The Hall–Kier alpha value is -1.97. The van der Waals surface area contributed by atoms with E-state index in [1.165, 1.54) is 31.4 Å². The Kier molecular flexibility index (Phi) is 5.31. The van der Waals surface area contributed by atoms with E-state index in [0.29, 0.717) is 19.8 Å². The van der Waals surface area contributed by atoms with Crippen LogP contribution in [0.15, 0.2) is 35.9 Å². The van der Waals surface area contributed by atoms with Crippen LogP contribution in [0, 0.1) is 3.57 Å². The van der Waals surface area contributed by atoms with Gasteiger partial charge >= 0.3 is 0 Å². The molecule has 1 fully saturated rings. The molecule has 0 saturated carbocycles. The molecule has 2 aromatic carbocycles. The summed E-state index contributed by atoms with van der Waals surface area (Å²) in [6.07, 6.45) is 1.43. The highest BCUT2D eigenvalue weighted by Crippen LogP contribution is 2.34. The fourth-order valence-electron chi connectivity index (χ4n) is 2.36. The molecule has 1 saturated heterocycles. The number of ether oxygens (including phenoxy) is 1. The molecule has 0 aliphatic carbocycles. The van der Waals surface area contributed by atoms with Gasteiger partial charge in [-0.1, -0.05) is 23.2 Å². The van der Waals surface area contributed by atoms with Crippen molar-refractivity contribution >= 4 is 69.4 Å². The number of methoxy groups -OCH3 is 1. The Morgan fingerprint density at radius 3 is 2.58 bits per heavy atom. The second kappa shape index (κ2) is 7.34. The number of hydrazine groups is 1. The fraction of sp³-hybridized carbons (Fsp3) is 0.0588. The van der Waals surface area contributed by atoms with E-state index in [1.54, 1.807) is 12.1 Å². The summed E-state index contributed by atoms with van der Waals surface area (Å²) in [5, 5.41) is 11.6. The van der Waals surface area contributed by atoms with Gasteiger partial charge in [-0.3, -0.25) is 15.0 Å². The standard InChI is InChI=1S/C17H11Cl2IN2O4/c1-26-14-6-8(5-13(20)15(14)23)4-10-16(24)21-22(17(10)25)9-2-3-11(18)12(19)7-9/h2-7,23H,1H3,(H,21,24). The first-order valence-electron chi connectivity index (χ1n) is 7.20. The van der Waals surface area contributed by atoms with Gasteiger partial charge in [-0.25, -0.2) is 5.01 Å². The van der Waals surface area contributed by atoms with E-state index in [9.17, 15) is 14.7 Å². The number of nitrogens with one attached hydrogen (secondary N) is 1. The molecule has 0 unspecified atom stereocenters. The van der Waals surface area contributed by atoms with Gasteiger partial charge in [-0.2, -0.15) is 0 Å². The molecular formula is C17H11Cl2IN2O4. The molecule has 1 aliphatic heterocycles. The summed E-state index contributed by atoms with van der Waals surface area (Å²) in [7, 11) is 1.42. The van der Waals surface area contributed by atoms with Crippen molar-refractivity contribution in [2.24, 2.45) is 0 Å². The average Bonchev–Trinajstić information content (AvgIpc) is 2.88. The van der Waals surface area contributed by atoms with E-state index in [-0.39, 0.29) is 22.1 Å². The lowest BCUT2D eigenvalue weighted by molar-refractivity contribution is -0.117. The third-order valence-corrected chi connectivity index (χ3v) is 5.20. The second-order valence-corrected chi connectivity index (χ2v) is 7.27. The van der Waals surface area contributed by atoms with Crippen molar-refractivity contribution in [3.63, 3.8) is 0 Å². The number of carbonyl (C=O) groups is 2. The largest absolute Gasteiger partial charge is 0.504 e. The van der Waals surface area contributed by atoms with E-state index in [1.807, 2.05) is 22.6 Å². The third-order valence-electron chi connectivity index (χ3n) is 3.63. The molecular weight excluding hydrogens is 494 g/mol. The van der Waals surface area contributed by atoms with Gasteiger partial charge in [0.1, 0.15) is 5.57 Å². The average molecular weight is 505 g/mol. The van der Waals surface area contributed by atoms with Gasteiger partial charge in [0.2, 0.25) is 0 Å². The monoisotopic (exact) mass is 504 g/mol. The van der Waals surface area contributed by atoms with Crippen LogP contribution in [-0.2, 0) is 9.59 Å². The molecule has 0 radical (unpaired) electrons. The minimum absolute atomic E-state index is 0.00474. The molecule has 2 aromatic rings. The first kappa shape index (κ1) is 18.8. The number of amides is 2. The van der Waals surface area contributed by atoms with E-state index in [4.69, 9.17) is 27.9 Å². The molecule has 1 aliphatic rings. The Morgan fingerprint density at radius 2 is 1.92 bits per heavy atom. The molecule has 134 valence electrons. The van der Waals surface area contributed by atoms with E-state index in [0.717, 1.165) is 5.01 Å². The first-order valence-corrected chi connectivity index (χ1v) is 9.04. The Bertz CT molecular complexity index is 962. The van der Waals surface area contributed by atoms with Crippen molar-refractivity contribution in [3.05, 3.63) is 55.1 Å². The topological polar surface area (TPSA) is 78.9 Å². The molecule has 26 heavy (non-hydrogen) atoms. The summed E-state index contributed by atoms with van der Waals surface area (Å²) >= 11 is 13.8. The van der Waals surface area contributed by atoms with Crippen molar-refractivity contribution < 1.29 is 19.4 Å². The summed E-state index contributed by atoms with van der Waals surface area (Å²) in [5.41, 5.74) is 3.36. The Labute approximate surface area is 172 Å². The number of rotatable bonds is 3. The van der Waals surface area contributed by atoms with Crippen LogP contribution in [0.4, 0.5) is 5.69 Å². The fourth-order valence-corrected chi connectivity index (χ4v) is 3.28. The number of nitrogens with zero attached hydrogens (tertiary/aromatic N) is 1. The Morgan fingerprint density at radius 1 is 1.19 bits per heavy atom. The highest BCUT2D eigenvalue weighted by Gasteiger charge is 2.34. The lowest BCUT2D eigenvalue weighted by Gasteiger charge is -2.15. The van der Waals surface area contributed by atoms with Crippen molar-refractivity contribution in [2.75, 3.05) is 12.1 Å². The number of hydrogen-bond donors (Lipinski definition) is 2. The maximum Gasteiger partial charge on any atom is 0.282 e. The number of benzene rings is 2. The zero-order chi connectivity index (χ0) is 19.0. The van der Waals surface area contributed by atoms with Gasteiger partial charge in [0, 0.05) is 0 Å². The summed E-state index contributed by atoms with van der Waals surface area (Å²) < 4.78 is 5.62. The van der Waals surface area contributed by atoms with Crippen molar-refractivity contribution in [3.8, 4) is 11.5 Å². The summed E-state index contributed by atoms with van der Waals surface area (Å²) in [5.74, 6) is -0.843. The maximum atomic E-state index is 12.6. The van der Waals surface area contributed by atoms with Crippen LogP contribution in [0.5, 0.6) is 11.5 Å². The van der Waals surface area contributed by atoms with Crippen molar-refractivity contribution in [2.45, 2.75) is 0 Å². The maximum absolute atomic E-state index is 12.6. The van der Waals surface area contributed by atoms with Crippen molar-refractivity contribution in [1.29, 1.82) is 0 Å². The van der Waals surface area contributed by atoms with E-state index in [2.05, 4.69) is 5.43 Å². The predicted octanol–water partition coefficient (Wildman–Crippen LogP) is 3.77. The lowest BCUT2D eigenvalue weighted by Crippen LogP contribution is -2.35. The number of phenolic OH excluding ortho intramolecular Hbond substituents is 1. The molecule has 9 heteroatoms. The molecule has 2 amide bonds. The summed E-state index contributed by atoms with van der Waals surface area (Å²) in [4.78, 5) is 24.9. The molecule has 0 spiro atoms. The number of aromatic hydroxyl groups is 1. The highest BCUT2D eigenvalue weighted by molar-refractivity contribution is 14.1. The van der Waals surface area contributed by atoms with Crippen molar-refractivity contribution in [1.82, 2.24) is 5.43 Å². The number of carbonyl (C=O) groups excluding carboxylic acids is 2. The molecule has 2 N–H and O–H groups in total. The van der Waals surface area contributed by atoms with Gasteiger partial charge in [-0.05, 0) is 64.6 Å². The minimum atomic E-state index is -0.553. The van der Waals surface area contributed by atoms with Crippen LogP contribution >= 0.6 is 45.8 Å². The van der Waals surface area contributed by atoms with Gasteiger partial charge in [0.15, 0.2) is 11.5 Å². The van der Waals surface area contributed by atoms with Crippen LogP contribution < -0.4 is 15.2 Å². The molecule has 1 heterocycles. The number of halogens is 3. The zero-order valence-corrected chi connectivity index (χ0v) is 16.9. The minimum Gasteiger partial charge on any atom is -0.504 e. The smallest absolute Gasteiger partial charge is 0.282 e. The molecule has 6 nitrogen and oxygen atoms in total. The van der Waals surface area contributed by atoms with E-state index >= 15 is 0 Å². The molecule has 0 aromatic heterocycles. The lowest BCUT2D eigenvalue weighted by atomic mass is 10.1. The van der Waals surface area contributed by atoms with Crippen LogP contribution in [-0.4, -0.2) is 24.0 Å². The highest BCUT2D eigenvalue weighted by atomic mass is 127. The van der Waals surface area contributed by atoms with Gasteiger partial charge in [0.05, 0.1) is 26.4 Å². The predicted molar refractivity (Wildman–Crippen MR) is 107 cm³/mol. The quantitative estimate of drug-likeness (QED) is 0.379. The molecule has 0 atom stereocenters. The van der Waals surface area contributed by atoms with Gasteiger partial charge < -0.3 is 9.84 Å². The van der Waals surface area contributed by atoms with Crippen LogP contribution in [0.25, 0.3) is 6.08 Å². The zero-order valence-electron chi connectivity index (χ0n) is 13.2. The normalized spacial score (nSPS) is 15.5. The number of anilines is 1. The van der Waals surface area contributed by atoms with Crippen LogP contribution in [0.3, 0.4) is 0 Å². The third kappa shape index (κ3) is 3.46. The number of phenols is 1. The van der Waals surface area contributed by atoms with Crippen LogP contribution in [0.1, 0.15) is 5.56 Å². The number of hydrogen-bond acceptors (Lipinski definition) is 4.